The molecule has 0 atom stereocenters. The molecule has 0 spiro atoms. The number of aryl methyl sites for hydroxylation is 2. The van der Waals surface area contributed by atoms with Crippen molar-refractivity contribution in [3.63, 3.8) is 0 Å². The van der Waals surface area contributed by atoms with Gasteiger partial charge in [0.15, 0.2) is 11.5 Å². The maximum atomic E-state index is 12.5. The van der Waals surface area contributed by atoms with Crippen LogP contribution in [0.5, 0.6) is 11.5 Å². The van der Waals surface area contributed by atoms with Crippen molar-refractivity contribution >= 4 is 57.1 Å². The van der Waals surface area contributed by atoms with Crippen LogP contribution in [0.1, 0.15) is 20.7 Å². The zero-order valence-electron chi connectivity index (χ0n) is 28.2. The Bertz CT molecular complexity index is 2560. The molecule has 0 aliphatic rings. The number of aromatic amines is 2. The van der Waals surface area contributed by atoms with Gasteiger partial charge in [0.2, 0.25) is 11.6 Å². The number of tetrazole rings is 2. The normalized spacial score (nSPS) is 11.4. The van der Waals surface area contributed by atoms with Crippen molar-refractivity contribution < 1.29 is 19.1 Å². The third kappa shape index (κ3) is 5.51. The number of benzene rings is 4. The number of hydrogen-bond acceptors (Lipinski definition) is 12. The number of methoxy groups -OCH3 is 2. The van der Waals surface area contributed by atoms with Gasteiger partial charge in [0.05, 0.1) is 46.4 Å². The summed E-state index contributed by atoms with van der Waals surface area (Å²) in [4.78, 5) is 35.0. The van der Waals surface area contributed by atoms with Gasteiger partial charge < -0.3 is 30.1 Å². The number of fused-ring (bicyclic) bond motifs is 2. The van der Waals surface area contributed by atoms with Crippen LogP contribution in [0.15, 0.2) is 60.7 Å². The molecule has 8 aromatic rings. The second kappa shape index (κ2) is 13.6. The topological polar surface area (TPSA) is 249 Å². The van der Waals surface area contributed by atoms with Gasteiger partial charge in [-0.2, -0.15) is 10.4 Å². The Balaban J connectivity index is 1.39. The fourth-order valence-corrected chi connectivity index (χ4v) is 7.12. The number of ether oxygens (including phenoxy) is 2. The second-order valence-corrected chi connectivity index (χ2v) is 12.5. The quantitative estimate of drug-likeness (QED) is 0.144. The van der Waals surface area contributed by atoms with E-state index in [1.807, 2.05) is 9.13 Å². The standard InChI is InChI=1S/C34H26Cl2N14O4/c1-53-27-17(29(37)51)9-11-21-25(27)39-33(23-15(5-3-7-19(23)35)31-41-45-46-42-31)49(21)13-14-50-22-12-10-18(30(38)52)28(54-2)26(22)40-34(50)24-16(6-4-8-20(24)36)32-43-47-48-44-32/h3-12H,13-14H2,1-2H3,(H2,37,51)(H2,38,52)(H,41,42,45,46)(H,43,44,47,48). The smallest absolute Gasteiger partial charge is 0.252 e. The predicted molar refractivity (Wildman–Crippen MR) is 197 cm³/mol. The minimum absolute atomic E-state index is 0.145. The number of aromatic nitrogens is 12. The molecule has 0 bridgehead atoms. The summed E-state index contributed by atoms with van der Waals surface area (Å²) in [5.74, 6) is 0.364. The highest BCUT2D eigenvalue weighted by atomic mass is 35.5. The summed E-state index contributed by atoms with van der Waals surface area (Å²) in [6.07, 6.45) is 0. The zero-order valence-corrected chi connectivity index (χ0v) is 29.7. The summed E-state index contributed by atoms with van der Waals surface area (Å²) in [6.45, 7) is 0.449. The second-order valence-electron chi connectivity index (χ2n) is 11.7. The number of amides is 2. The first-order chi connectivity index (χ1) is 26.2. The van der Waals surface area contributed by atoms with E-state index in [1.54, 1.807) is 60.7 Å². The number of carbonyl (C=O) groups excluding carboxylic acids is 2. The average Bonchev–Trinajstić information content (AvgIpc) is 4.00. The van der Waals surface area contributed by atoms with E-state index < -0.39 is 11.8 Å². The van der Waals surface area contributed by atoms with Gasteiger partial charge >= 0.3 is 0 Å². The van der Waals surface area contributed by atoms with Crippen LogP contribution < -0.4 is 20.9 Å². The van der Waals surface area contributed by atoms with Crippen molar-refractivity contribution in [2.45, 2.75) is 13.1 Å². The molecular weight excluding hydrogens is 739 g/mol. The maximum absolute atomic E-state index is 12.5. The number of hydrogen-bond donors (Lipinski definition) is 4. The lowest BCUT2D eigenvalue weighted by Crippen LogP contribution is -2.13. The summed E-state index contributed by atoms with van der Waals surface area (Å²) in [6, 6.07) is 17.2. The maximum Gasteiger partial charge on any atom is 0.252 e. The lowest BCUT2D eigenvalue weighted by atomic mass is 10.1. The molecule has 18 nitrogen and oxygen atoms in total. The zero-order chi connectivity index (χ0) is 37.7. The van der Waals surface area contributed by atoms with Gasteiger partial charge in [0, 0.05) is 35.3 Å². The summed E-state index contributed by atoms with van der Waals surface area (Å²) in [5, 5.41) is 29.9. The highest BCUT2D eigenvalue weighted by Crippen LogP contribution is 2.42. The number of nitrogens with zero attached hydrogens (tertiary/aromatic N) is 10. The van der Waals surface area contributed by atoms with Gasteiger partial charge in [0.1, 0.15) is 22.7 Å². The Labute approximate surface area is 313 Å². The van der Waals surface area contributed by atoms with Crippen LogP contribution in [-0.2, 0) is 13.1 Å². The third-order valence-corrected chi connectivity index (χ3v) is 9.51. The molecule has 2 amide bonds. The number of carbonyl (C=O) groups is 2. The van der Waals surface area contributed by atoms with E-state index in [-0.39, 0.29) is 47.4 Å². The Morgan fingerprint density at radius 2 is 1.09 bits per heavy atom. The molecule has 4 heterocycles. The van der Waals surface area contributed by atoms with Gasteiger partial charge in [-0.15, -0.1) is 20.4 Å². The van der Waals surface area contributed by atoms with Crippen molar-refractivity contribution in [2.24, 2.45) is 11.5 Å². The first-order valence-electron chi connectivity index (χ1n) is 16.0. The molecular formula is C34H26Cl2N14O4. The number of primary amides is 2. The van der Waals surface area contributed by atoms with E-state index in [1.165, 1.54) is 14.2 Å². The van der Waals surface area contributed by atoms with Crippen LogP contribution in [0.3, 0.4) is 0 Å². The van der Waals surface area contributed by atoms with E-state index in [0.29, 0.717) is 66.0 Å². The number of halogens is 2. The van der Waals surface area contributed by atoms with Crippen molar-refractivity contribution in [1.29, 1.82) is 0 Å². The lowest BCUT2D eigenvalue weighted by Gasteiger charge is -2.16. The van der Waals surface area contributed by atoms with Crippen LogP contribution in [0, 0.1) is 0 Å². The van der Waals surface area contributed by atoms with Gasteiger partial charge in [-0.3, -0.25) is 9.59 Å². The van der Waals surface area contributed by atoms with Gasteiger partial charge in [-0.1, -0.05) is 47.5 Å². The number of H-pyrrole nitrogens is 2. The Morgan fingerprint density at radius 3 is 1.44 bits per heavy atom. The number of nitrogens with two attached hydrogens (primary N) is 2. The molecule has 4 aromatic heterocycles. The van der Waals surface area contributed by atoms with E-state index in [0.717, 1.165) is 0 Å². The van der Waals surface area contributed by atoms with E-state index >= 15 is 0 Å². The summed E-state index contributed by atoms with van der Waals surface area (Å²) < 4.78 is 15.3. The van der Waals surface area contributed by atoms with Crippen LogP contribution in [0.4, 0.5) is 0 Å². The molecule has 8 rings (SSSR count). The summed E-state index contributed by atoms with van der Waals surface area (Å²) in [5.41, 5.74) is 15.7. The lowest BCUT2D eigenvalue weighted by molar-refractivity contribution is 0.0989. The Morgan fingerprint density at radius 1 is 0.667 bits per heavy atom. The molecule has 0 radical (unpaired) electrons. The van der Waals surface area contributed by atoms with Crippen molar-refractivity contribution in [3.05, 3.63) is 81.8 Å². The highest BCUT2D eigenvalue weighted by molar-refractivity contribution is 6.34. The molecule has 0 aliphatic heterocycles. The SMILES string of the molecule is COc1c(C(N)=O)ccc2c1nc(-c1c(Cl)cccc1-c1nn[nH]n1)n2CCn1c(-c2c(Cl)cccc2-c2nn[nH]n2)nc2c(OC)c(C(N)=O)ccc21. The summed E-state index contributed by atoms with van der Waals surface area (Å²) >= 11 is 13.9. The monoisotopic (exact) mass is 764 g/mol. The van der Waals surface area contributed by atoms with Crippen LogP contribution in [0.25, 0.3) is 67.6 Å². The predicted octanol–water partition coefficient (Wildman–Crippen LogP) is 4.30. The largest absolute Gasteiger partial charge is 0.494 e. The minimum Gasteiger partial charge on any atom is -0.494 e. The molecule has 0 saturated heterocycles. The van der Waals surface area contributed by atoms with Gasteiger partial charge in [0.25, 0.3) is 11.8 Å². The van der Waals surface area contributed by atoms with E-state index in [4.69, 9.17) is 54.1 Å². The fourth-order valence-electron chi connectivity index (χ4n) is 6.60. The molecule has 0 unspecified atom stereocenters. The average molecular weight is 766 g/mol. The van der Waals surface area contributed by atoms with E-state index in [9.17, 15) is 9.59 Å². The van der Waals surface area contributed by atoms with Crippen molar-refractivity contribution in [1.82, 2.24) is 60.4 Å². The van der Waals surface area contributed by atoms with Crippen molar-refractivity contribution in [3.8, 4) is 57.1 Å². The molecule has 0 saturated carbocycles. The third-order valence-electron chi connectivity index (χ3n) is 8.88. The van der Waals surface area contributed by atoms with Gasteiger partial charge in [-0.05, 0) is 46.8 Å². The molecule has 54 heavy (non-hydrogen) atoms. The molecule has 270 valence electrons. The minimum atomic E-state index is -0.689. The van der Waals surface area contributed by atoms with Crippen LogP contribution in [-0.4, -0.2) is 86.4 Å². The molecule has 20 heteroatoms. The van der Waals surface area contributed by atoms with E-state index in [2.05, 4.69) is 41.2 Å². The Kier molecular flexibility index (Phi) is 8.59. The molecule has 6 N–H and O–H groups in total. The molecule has 4 aromatic carbocycles. The molecule has 0 aliphatic carbocycles. The highest BCUT2D eigenvalue weighted by Gasteiger charge is 2.28. The first-order valence-corrected chi connectivity index (χ1v) is 16.8. The fraction of sp³-hybridized carbons (Fsp3) is 0.118. The molecule has 0 fully saturated rings. The van der Waals surface area contributed by atoms with Crippen LogP contribution >= 0.6 is 23.2 Å². The number of nitrogens with one attached hydrogen (secondary N) is 2. The first kappa shape index (κ1) is 34.2. The van der Waals surface area contributed by atoms with Gasteiger partial charge in [-0.25, -0.2) is 9.97 Å². The number of rotatable bonds is 11. The Hall–Kier alpha value is -6.92. The number of imidazole rings is 2. The van der Waals surface area contributed by atoms with Crippen LogP contribution in [0.2, 0.25) is 10.0 Å². The van der Waals surface area contributed by atoms with Crippen molar-refractivity contribution in [2.75, 3.05) is 14.2 Å². The summed E-state index contributed by atoms with van der Waals surface area (Å²) in [7, 11) is 2.87.